The average molecular weight is 401 g/mol. The summed E-state index contributed by atoms with van der Waals surface area (Å²) in [5.74, 6) is -1.19. The van der Waals surface area contributed by atoms with Gasteiger partial charge in [0.15, 0.2) is 0 Å². The van der Waals surface area contributed by atoms with Gasteiger partial charge in [0, 0.05) is 20.2 Å². The van der Waals surface area contributed by atoms with Crippen molar-refractivity contribution < 1.29 is 19.1 Å². The van der Waals surface area contributed by atoms with E-state index in [0.29, 0.717) is 15.4 Å². The first-order chi connectivity index (χ1) is 13.2. The van der Waals surface area contributed by atoms with Crippen molar-refractivity contribution in [2.75, 3.05) is 26.0 Å². The van der Waals surface area contributed by atoms with Crippen LogP contribution < -0.4 is 5.32 Å². The van der Waals surface area contributed by atoms with Gasteiger partial charge in [0.25, 0.3) is 5.91 Å². The van der Waals surface area contributed by atoms with Gasteiger partial charge >= 0.3 is 5.97 Å². The Labute approximate surface area is 168 Å². The Morgan fingerprint density at radius 3 is 2.36 bits per heavy atom. The van der Waals surface area contributed by atoms with Crippen LogP contribution in [0.15, 0.2) is 30.3 Å². The number of anilines is 1. The third kappa shape index (κ3) is 5.07. The van der Waals surface area contributed by atoms with Crippen molar-refractivity contribution in [1.29, 1.82) is 0 Å². The quantitative estimate of drug-likeness (QED) is 0.589. The number of esters is 1. The summed E-state index contributed by atoms with van der Waals surface area (Å²) in [7, 11) is 3.27. The largest absolute Gasteiger partial charge is 0.462 e. The van der Waals surface area contributed by atoms with Gasteiger partial charge in [-0.25, -0.2) is 4.79 Å². The smallest absolute Gasteiger partial charge is 0.341 e. The van der Waals surface area contributed by atoms with Crippen molar-refractivity contribution in [3.8, 4) is 0 Å². The third-order valence-corrected chi connectivity index (χ3v) is 5.16. The van der Waals surface area contributed by atoms with E-state index in [2.05, 4.69) is 5.32 Å². The Morgan fingerprint density at radius 1 is 1.14 bits per heavy atom. The predicted octanol–water partition coefficient (Wildman–Crippen LogP) is 3.90. The van der Waals surface area contributed by atoms with Crippen molar-refractivity contribution in [2.45, 2.75) is 20.8 Å². The van der Waals surface area contributed by atoms with E-state index in [1.165, 1.54) is 11.0 Å². The second-order valence-electron chi connectivity index (χ2n) is 6.41. The Morgan fingerprint density at radius 2 is 1.79 bits per heavy atom. The number of carbonyl (C=O) groups excluding carboxylic acids is 3. The lowest BCUT2D eigenvalue weighted by molar-refractivity contribution is -0.111. The normalized spacial score (nSPS) is 10.8. The number of rotatable bonds is 6. The minimum absolute atomic E-state index is 0.200. The van der Waals surface area contributed by atoms with Crippen LogP contribution >= 0.6 is 11.3 Å². The molecule has 2 aromatic rings. The fourth-order valence-corrected chi connectivity index (χ4v) is 3.68. The molecule has 0 radical (unpaired) electrons. The van der Waals surface area contributed by atoms with Crippen LogP contribution in [0.3, 0.4) is 0 Å². The van der Waals surface area contributed by atoms with Gasteiger partial charge in [0.2, 0.25) is 5.91 Å². The van der Waals surface area contributed by atoms with Gasteiger partial charge in [-0.1, -0.05) is 29.8 Å². The molecule has 0 atom stereocenters. The van der Waals surface area contributed by atoms with Crippen LogP contribution in [-0.4, -0.2) is 43.4 Å². The number of benzene rings is 1. The molecule has 28 heavy (non-hydrogen) atoms. The molecule has 148 valence electrons. The molecular weight excluding hydrogens is 376 g/mol. The molecule has 0 saturated heterocycles. The maximum absolute atomic E-state index is 12.4. The standard InChI is InChI=1S/C21H24N2O4S/c1-6-27-21(26)17-14(3)18(20(25)23(4)5)28-19(17)22-16(24)12-11-15-9-7-13(2)8-10-15/h7-12H,6H2,1-5H3,(H,22,24). The molecule has 1 aromatic heterocycles. The summed E-state index contributed by atoms with van der Waals surface area (Å²) < 4.78 is 5.10. The van der Waals surface area contributed by atoms with E-state index in [1.807, 2.05) is 31.2 Å². The zero-order valence-corrected chi connectivity index (χ0v) is 17.5. The third-order valence-electron chi connectivity index (χ3n) is 3.97. The molecule has 1 N–H and O–H groups in total. The zero-order valence-electron chi connectivity index (χ0n) is 16.7. The van der Waals surface area contributed by atoms with Crippen LogP contribution in [-0.2, 0) is 9.53 Å². The first-order valence-corrected chi connectivity index (χ1v) is 9.64. The highest BCUT2D eigenvalue weighted by atomic mass is 32.1. The van der Waals surface area contributed by atoms with E-state index in [4.69, 9.17) is 4.74 Å². The summed E-state index contributed by atoms with van der Waals surface area (Å²) in [6.07, 6.45) is 3.08. The topological polar surface area (TPSA) is 75.7 Å². The Kier molecular flexibility index (Phi) is 7.12. The molecule has 0 bridgehead atoms. The molecule has 0 saturated carbocycles. The Bertz CT molecular complexity index is 911. The monoisotopic (exact) mass is 400 g/mol. The number of thiophene rings is 1. The molecule has 0 spiro atoms. The van der Waals surface area contributed by atoms with Gasteiger partial charge in [-0.15, -0.1) is 11.3 Å². The molecule has 0 fully saturated rings. The molecule has 0 aliphatic rings. The highest BCUT2D eigenvalue weighted by Crippen LogP contribution is 2.34. The van der Waals surface area contributed by atoms with Gasteiger partial charge in [0.05, 0.1) is 17.0 Å². The van der Waals surface area contributed by atoms with Crippen molar-refractivity contribution >= 4 is 40.2 Å². The van der Waals surface area contributed by atoms with Gasteiger partial charge in [-0.05, 0) is 38.0 Å². The first-order valence-electron chi connectivity index (χ1n) is 8.82. The molecule has 6 nitrogen and oxygen atoms in total. The fraction of sp³-hybridized carbons (Fsp3) is 0.286. The summed E-state index contributed by atoms with van der Waals surface area (Å²) in [5, 5.41) is 3.01. The number of carbonyl (C=O) groups is 3. The van der Waals surface area contributed by atoms with E-state index >= 15 is 0 Å². The summed E-state index contributed by atoms with van der Waals surface area (Å²) in [5.41, 5.74) is 2.74. The number of aryl methyl sites for hydroxylation is 1. The Hall–Kier alpha value is -2.93. The van der Waals surface area contributed by atoms with Crippen LogP contribution in [0.25, 0.3) is 6.08 Å². The molecule has 1 heterocycles. The van der Waals surface area contributed by atoms with Gasteiger partial charge in [-0.2, -0.15) is 0 Å². The molecule has 1 aromatic carbocycles. The van der Waals surface area contributed by atoms with Crippen LogP contribution in [0.5, 0.6) is 0 Å². The second-order valence-corrected chi connectivity index (χ2v) is 7.43. The lowest BCUT2D eigenvalue weighted by Crippen LogP contribution is -2.21. The van der Waals surface area contributed by atoms with Crippen molar-refractivity contribution in [1.82, 2.24) is 4.90 Å². The number of nitrogens with one attached hydrogen (secondary N) is 1. The maximum atomic E-state index is 12.4. The molecule has 7 heteroatoms. The van der Waals surface area contributed by atoms with Crippen molar-refractivity contribution in [2.24, 2.45) is 0 Å². The number of hydrogen-bond donors (Lipinski definition) is 1. The highest BCUT2D eigenvalue weighted by Gasteiger charge is 2.26. The summed E-state index contributed by atoms with van der Waals surface area (Å²) in [4.78, 5) is 39.0. The number of ether oxygens (including phenoxy) is 1. The minimum atomic E-state index is -0.563. The maximum Gasteiger partial charge on any atom is 0.341 e. The van der Waals surface area contributed by atoms with E-state index in [9.17, 15) is 14.4 Å². The van der Waals surface area contributed by atoms with E-state index in [-0.39, 0.29) is 18.1 Å². The van der Waals surface area contributed by atoms with Gasteiger partial charge in [-0.3, -0.25) is 9.59 Å². The molecule has 2 amide bonds. The summed E-state index contributed by atoms with van der Waals surface area (Å²) >= 11 is 1.07. The Balaban J connectivity index is 2.30. The van der Waals surface area contributed by atoms with Crippen LogP contribution in [0.1, 0.15) is 43.6 Å². The summed E-state index contributed by atoms with van der Waals surface area (Å²) in [6, 6.07) is 7.73. The average Bonchev–Trinajstić information content (AvgIpc) is 2.96. The fourth-order valence-electron chi connectivity index (χ4n) is 2.46. The van der Waals surface area contributed by atoms with E-state index < -0.39 is 11.9 Å². The van der Waals surface area contributed by atoms with Crippen LogP contribution in [0.2, 0.25) is 0 Å². The van der Waals surface area contributed by atoms with Crippen molar-refractivity contribution in [3.63, 3.8) is 0 Å². The number of nitrogens with zero attached hydrogens (tertiary/aromatic N) is 1. The number of hydrogen-bond acceptors (Lipinski definition) is 5. The van der Waals surface area contributed by atoms with Crippen molar-refractivity contribution in [3.05, 3.63) is 57.5 Å². The first kappa shape index (κ1) is 21.4. The molecule has 0 aliphatic carbocycles. The second kappa shape index (κ2) is 9.32. The predicted molar refractivity (Wildman–Crippen MR) is 112 cm³/mol. The van der Waals surface area contributed by atoms with E-state index in [1.54, 1.807) is 34.0 Å². The molecule has 0 unspecified atom stereocenters. The zero-order chi connectivity index (χ0) is 20.8. The lowest BCUT2D eigenvalue weighted by Gasteiger charge is -2.09. The SMILES string of the molecule is CCOC(=O)c1c(NC(=O)C=Cc2ccc(C)cc2)sc(C(=O)N(C)C)c1C. The minimum Gasteiger partial charge on any atom is -0.462 e. The van der Waals surface area contributed by atoms with Gasteiger partial charge in [0.1, 0.15) is 5.00 Å². The van der Waals surface area contributed by atoms with Crippen LogP contribution in [0.4, 0.5) is 5.00 Å². The highest BCUT2D eigenvalue weighted by molar-refractivity contribution is 7.18. The number of amides is 2. The molecule has 2 rings (SSSR count). The van der Waals surface area contributed by atoms with Gasteiger partial charge < -0.3 is 15.0 Å². The lowest BCUT2D eigenvalue weighted by atomic mass is 10.1. The molecular formula is C21H24N2O4S. The molecule has 0 aliphatic heterocycles. The van der Waals surface area contributed by atoms with Crippen LogP contribution in [0, 0.1) is 13.8 Å². The summed E-state index contributed by atoms with van der Waals surface area (Å²) in [6.45, 7) is 5.57. The van der Waals surface area contributed by atoms with E-state index in [0.717, 1.165) is 22.5 Å².